The summed E-state index contributed by atoms with van der Waals surface area (Å²) in [5.41, 5.74) is 4.23. The molecule has 1 aromatic heterocycles. The lowest BCUT2D eigenvalue weighted by atomic mass is 9.92. The van der Waals surface area contributed by atoms with Crippen LogP contribution in [-0.4, -0.2) is 11.3 Å². The second-order valence-electron chi connectivity index (χ2n) is 6.35. The summed E-state index contributed by atoms with van der Waals surface area (Å²) in [6, 6.07) is 11.8. The van der Waals surface area contributed by atoms with Crippen LogP contribution in [0.1, 0.15) is 16.7 Å². The molecule has 32 heavy (non-hydrogen) atoms. The highest BCUT2D eigenvalue weighted by molar-refractivity contribution is 5.87. The number of nitrogens with zero attached hydrogens (tertiary/aromatic N) is 3. The number of hydrogen-bond acceptors (Lipinski definition) is 5. The minimum absolute atomic E-state index is 0.0210. The summed E-state index contributed by atoms with van der Waals surface area (Å²) in [6.45, 7) is 0. The third kappa shape index (κ3) is 4.57. The fourth-order valence-corrected chi connectivity index (χ4v) is 2.99. The number of hydrogen-bond donors (Lipinski definition) is 1. The smallest absolute Gasteiger partial charge is 0.406 e. The van der Waals surface area contributed by atoms with Crippen LogP contribution in [0.25, 0.3) is 22.4 Å². The Labute approximate surface area is 176 Å². The van der Waals surface area contributed by atoms with Crippen molar-refractivity contribution < 1.29 is 31.1 Å². The van der Waals surface area contributed by atoms with Gasteiger partial charge >= 0.3 is 12.5 Å². The number of halogens is 6. The molecule has 162 valence electrons. The van der Waals surface area contributed by atoms with E-state index < -0.39 is 23.9 Å². The highest BCUT2D eigenvalue weighted by Crippen LogP contribution is 2.38. The summed E-state index contributed by atoms with van der Waals surface area (Å²) >= 11 is 0. The molecular weight excluding hydrogens is 438 g/mol. The zero-order chi connectivity index (χ0) is 23.7. The third-order valence-corrected chi connectivity index (χ3v) is 4.29. The summed E-state index contributed by atoms with van der Waals surface area (Å²) in [6.07, 6.45) is -9.56. The van der Waals surface area contributed by atoms with Gasteiger partial charge in [0.1, 0.15) is 29.3 Å². The number of ether oxygens (including phenoxy) is 1. The van der Waals surface area contributed by atoms with Crippen molar-refractivity contribution in [3.8, 4) is 40.3 Å². The number of rotatable bonds is 3. The summed E-state index contributed by atoms with van der Waals surface area (Å²) in [7, 11) is 0. The topological polar surface area (TPSA) is 95.7 Å². The highest BCUT2D eigenvalue weighted by Gasteiger charge is 2.32. The van der Waals surface area contributed by atoms with Crippen molar-refractivity contribution in [1.82, 2.24) is 4.98 Å². The normalized spacial score (nSPS) is 11.5. The first-order valence-corrected chi connectivity index (χ1v) is 8.62. The van der Waals surface area contributed by atoms with Crippen LogP contribution in [0.3, 0.4) is 0 Å². The predicted molar refractivity (Wildman–Crippen MR) is 101 cm³/mol. The molecule has 0 atom stereocenters. The first-order valence-electron chi connectivity index (χ1n) is 8.62. The van der Waals surface area contributed by atoms with Crippen molar-refractivity contribution >= 4 is 5.82 Å². The van der Waals surface area contributed by atoms with E-state index in [2.05, 4.69) is 9.72 Å². The number of pyridine rings is 1. The number of alkyl halides is 6. The molecule has 1 heterocycles. The number of anilines is 1. The maximum atomic E-state index is 12.9. The van der Waals surface area contributed by atoms with Crippen LogP contribution in [0, 0.1) is 22.7 Å². The summed E-state index contributed by atoms with van der Waals surface area (Å²) in [5, 5.41) is 19.2. The molecule has 0 aliphatic rings. The zero-order valence-electron chi connectivity index (χ0n) is 15.7. The van der Waals surface area contributed by atoms with Gasteiger partial charge in [0, 0.05) is 11.1 Å². The number of nitriles is 2. The van der Waals surface area contributed by atoms with Crippen LogP contribution in [-0.2, 0) is 6.18 Å². The summed E-state index contributed by atoms with van der Waals surface area (Å²) in [5.74, 6) is -0.932. The fraction of sp³-hybridized carbons (Fsp3) is 0.0952. The van der Waals surface area contributed by atoms with Crippen molar-refractivity contribution in [1.29, 1.82) is 10.5 Å². The van der Waals surface area contributed by atoms with E-state index in [4.69, 9.17) is 5.73 Å². The van der Waals surface area contributed by atoms with Crippen molar-refractivity contribution in [2.24, 2.45) is 0 Å². The summed E-state index contributed by atoms with van der Waals surface area (Å²) < 4.78 is 80.2. The lowest BCUT2D eigenvalue weighted by molar-refractivity contribution is -0.274. The molecule has 5 nitrogen and oxygen atoms in total. The Morgan fingerprint density at radius 2 is 1.47 bits per heavy atom. The van der Waals surface area contributed by atoms with Crippen molar-refractivity contribution in [2.75, 3.05) is 5.73 Å². The SMILES string of the molecule is N#Cc1c(N)nc(-c2cccc(OC(F)(F)F)c2)c(C#N)c1-c1ccc(C(F)(F)F)cc1. The van der Waals surface area contributed by atoms with E-state index >= 15 is 0 Å². The highest BCUT2D eigenvalue weighted by atomic mass is 19.4. The van der Waals surface area contributed by atoms with Crippen LogP contribution in [0.4, 0.5) is 32.2 Å². The van der Waals surface area contributed by atoms with E-state index in [1.807, 2.05) is 6.07 Å². The van der Waals surface area contributed by atoms with Crippen LogP contribution < -0.4 is 10.5 Å². The minimum Gasteiger partial charge on any atom is -0.406 e. The first-order chi connectivity index (χ1) is 14.9. The maximum absolute atomic E-state index is 12.9. The lowest BCUT2D eigenvalue weighted by Gasteiger charge is -2.15. The number of benzene rings is 2. The Morgan fingerprint density at radius 1 is 0.844 bits per heavy atom. The van der Waals surface area contributed by atoms with Crippen molar-refractivity contribution in [3.05, 3.63) is 65.2 Å². The first kappa shape index (κ1) is 22.4. The average Bonchev–Trinajstić information content (AvgIpc) is 2.71. The van der Waals surface area contributed by atoms with Gasteiger partial charge in [0.15, 0.2) is 0 Å². The Morgan fingerprint density at radius 3 is 2.00 bits per heavy atom. The van der Waals surface area contributed by atoms with Crippen LogP contribution >= 0.6 is 0 Å². The van der Waals surface area contributed by atoms with Gasteiger partial charge in [-0.3, -0.25) is 0 Å². The van der Waals surface area contributed by atoms with Gasteiger partial charge < -0.3 is 10.5 Å². The van der Waals surface area contributed by atoms with E-state index in [1.54, 1.807) is 6.07 Å². The Hall–Kier alpha value is -4.25. The molecular formula is C21H10F6N4O. The molecule has 0 saturated heterocycles. The molecule has 11 heteroatoms. The van der Waals surface area contributed by atoms with Gasteiger partial charge in [0.25, 0.3) is 0 Å². The second kappa shape index (κ2) is 8.12. The monoisotopic (exact) mass is 448 g/mol. The second-order valence-corrected chi connectivity index (χ2v) is 6.35. The van der Waals surface area contributed by atoms with Gasteiger partial charge in [-0.25, -0.2) is 4.98 Å². The third-order valence-electron chi connectivity index (χ3n) is 4.29. The van der Waals surface area contributed by atoms with Gasteiger partial charge in [-0.05, 0) is 29.8 Å². The minimum atomic E-state index is -4.96. The van der Waals surface area contributed by atoms with Gasteiger partial charge in [-0.15, -0.1) is 13.2 Å². The van der Waals surface area contributed by atoms with E-state index in [0.717, 1.165) is 36.4 Å². The van der Waals surface area contributed by atoms with E-state index in [1.165, 1.54) is 12.1 Å². The zero-order valence-corrected chi connectivity index (χ0v) is 15.7. The van der Waals surface area contributed by atoms with Gasteiger partial charge in [-0.2, -0.15) is 23.7 Å². The number of nitrogen functional groups attached to an aromatic ring is 1. The molecule has 0 unspecified atom stereocenters. The molecule has 0 radical (unpaired) electrons. The summed E-state index contributed by atoms with van der Waals surface area (Å²) in [4.78, 5) is 3.98. The van der Waals surface area contributed by atoms with Crippen LogP contribution in [0.2, 0.25) is 0 Å². The molecule has 3 aromatic rings. The molecule has 0 amide bonds. The molecule has 0 saturated carbocycles. The van der Waals surface area contributed by atoms with Crippen LogP contribution in [0.5, 0.6) is 5.75 Å². The predicted octanol–water partition coefficient (Wildman–Crippen LogP) is 5.66. The molecule has 0 aliphatic heterocycles. The van der Waals surface area contributed by atoms with E-state index in [9.17, 15) is 36.9 Å². The fourth-order valence-electron chi connectivity index (χ4n) is 2.99. The molecule has 0 aliphatic carbocycles. The molecule has 0 spiro atoms. The van der Waals surface area contributed by atoms with Gasteiger partial charge in [0.05, 0.1) is 16.8 Å². The number of nitrogens with two attached hydrogens (primary N) is 1. The Kier molecular flexibility index (Phi) is 5.69. The van der Waals surface area contributed by atoms with Gasteiger partial charge in [0.2, 0.25) is 0 Å². The quantitative estimate of drug-likeness (QED) is 0.522. The van der Waals surface area contributed by atoms with Gasteiger partial charge in [-0.1, -0.05) is 24.3 Å². The standard InChI is InChI=1S/C21H10F6N4O/c22-20(23,24)13-6-4-11(5-7-13)17-15(9-28)18(31-19(30)16(17)10-29)12-2-1-3-14(8-12)32-21(25,26)27/h1-8H,(H2,30,31). The average molecular weight is 448 g/mol. The Balaban J connectivity index is 2.24. The largest absolute Gasteiger partial charge is 0.573 e. The number of aromatic nitrogens is 1. The Bertz CT molecular complexity index is 1250. The molecule has 2 N–H and O–H groups in total. The van der Waals surface area contributed by atoms with E-state index in [-0.39, 0.29) is 39.3 Å². The maximum Gasteiger partial charge on any atom is 0.573 e. The van der Waals surface area contributed by atoms with Crippen molar-refractivity contribution in [2.45, 2.75) is 12.5 Å². The van der Waals surface area contributed by atoms with E-state index in [0.29, 0.717) is 0 Å². The van der Waals surface area contributed by atoms with Crippen LogP contribution in [0.15, 0.2) is 48.5 Å². The lowest BCUT2D eigenvalue weighted by Crippen LogP contribution is -2.17. The molecule has 3 rings (SSSR count). The molecule has 0 fully saturated rings. The van der Waals surface area contributed by atoms with Crippen molar-refractivity contribution in [3.63, 3.8) is 0 Å². The molecule has 2 aromatic carbocycles. The molecule has 0 bridgehead atoms.